The summed E-state index contributed by atoms with van der Waals surface area (Å²) in [6.45, 7) is 7.83. The number of pyridine rings is 1. The van der Waals surface area contributed by atoms with Crippen LogP contribution in [0.15, 0.2) is 46.6 Å². The molecule has 1 aromatic carbocycles. The second-order valence-corrected chi connectivity index (χ2v) is 14.7. The van der Waals surface area contributed by atoms with E-state index in [2.05, 4.69) is 56.5 Å². The van der Waals surface area contributed by atoms with E-state index in [-0.39, 0.29) is 11.5 Å². The molecule has 3 N–H and O–H groups in total. The lowest BCUT2D eigenvalue weighted by atomic mass is 9.72. The Hall–Kier alpha value is -2.24. The molecule has 8 nitrogen and oxygen atoms in total. The van der Waals surface area contributed by atoms with E-state index in [1.54, 1.807) is 6.20 Å². The largest absolute Gasteiger partial charge is 0.597 e. The van der Waals surface area contributed by atoms with Crippen LogP contribution < -0.4 is 20.3 Å². The molecule has 39 heavy (non-hydrogen) atoms. The minimum absolute atomic E-state index is 0.0577. The van der Waals surface area contributed by atoms with Crippen LogP contribution in [0, 0.1) is 5.41 Å². The fraction of sp³-hybridized carbons (Fsp3) is 0.464. The van der Waals surface area contributed by atoms with Crippen molar-refractivity contribution in [1.82, 2.24) is 19.7 Å². The lowest BCUT2D eigenvalue weighted by Gasteiger charge is -2.46. The van der Waals surface area contributed by atoms with Crippen molar-refractivity contribution in [3.63, 3.8) is 0 Å². The van der Waals surface area contributed by atoms with Crippen LogP contribution in [-0.4, -0.2) is 45.7 Å². The molecule has 0 bridgehead atoms. The predicted molar refractivity (Wildman–Crippen MR) is 158 cm³/mol. The van der Waals surface area contributed by atoms with E-state index >= 15 is 0 Å². The quantitative estimate of drug-likeness (QED) is 0.418. The maximum absolute atomic E-state index is 13.2. The lowest BCUT2D eigenvalue weighted by molar-refractivity contribution is 0.173. The van der Waals surface area contributed by atoms with E-state index < -0.39 is 16.1 Å². The molecule has 0 amide bonds. The fourth-order valence-corrected chi connectivity index (χ4v) is 8.94. The third-order valence-corrected chi connectivity index (χ3v) is 12.2. The number of halogens is 1. The topological polar surface area (TPSA) is 106 Å². The molecule has 2 aromatic heterocycles. The maximum atomic E-state index is 13.2. The molecule has 3 aliphatic heterocycles. The first kappa shape index (κ1) is 25.7. The first-order chi connectivity index (χ1) is 18.8. The zero-order valence-electron chi connectivity index (χ0n) is 22.1. The standard InChI is InChI=1S/C28H32ClN7OS2/c1-27(2)18-6-3-5-17-15-28(23(21(17)18)34-39(27)37)8-13-35(14-9-28)20-16-32-26(24(30)33-20)38-19-7-10-31-25(22(19)29)36-11-4-12-36/h3,5-7,10,16,23,34H,4,8-9,11-15H2,1-2H3,(H2,30,33)/t23-,39?/m1/s1. The summed E-state index contributed by atoms with van der Waals surface area (Å²) >= 11 is 6.98. The first-order valence-corrected chi connectivity index (χ1v) is 15.9. The minimum atomic E-state index is -1.13. The molecule has 5 heterocycles. The van der Waals surface area contributed by atoms with Crippen LogP contribution in [0.25, 0.3) is 0 Å². The molecular weight excluding hydrogens is 550 g/mol. The van der Waals surface area contributed by atoms with Crippen LogP contribution in [-0.2, 0) is 22.5 Å². The van der Waals surface area contributed by atoms with Gasteiger partial charge in [0.15, 0.2) is 10.6 Å². The second-order valence-electron chi connectivity index (χ2n) is 11.5. The highest BCUT2D eigenvalue weighted by atomic mass is 35.5. The van der Waals surface area contributed by atoms with Crippen LogP contribution in [0.5, 0.6) is 0 Å². The SMILES string of the molecule is CC1(C)c2cccc3c2[C@@H](N[S+]1[O-])C1(CCN(c2cnc(Sc4ccnc(N5CCC5)c4Cl)c(N)n2)CC1)C3. The van der Waals surface area contributed by atoms with Crippen molar-refractivity contribution in [1.29, 1.82) is 0 Å². The molecular formula is C28H32ClN7OS2. The van der Waals surface area contributed by atoms with Crippen LogP contribution in [0.1, 0.15) is 55.8 Å². The van der Waals surface area contributed by atoms with Gasteiger partial charge in [0.1, 0.15) is 16.7 Å². The Labute approximate surface area is 241 Å². The average molecular weight is 582 g/mol. The number of anilines is 3. The zero-order chi connectivity index (χ0) is 26.9. The van der Waals surface area contributed by atoms with E-state index in [4.69, 9.17) is 22.3 Å². The summed E-state index contributed by atoms with van der Waals surface area (Å²) in [4.78, 5) is 19.2. The third kappa shape index (κ3) is 4.10. The van der Waals surface area contributed by atoms with Crippen molar-refractivity contribution in [2.45, 2.75) is 60.2 Å². The summed E-state index contributed by atoms with van der Waals surface area (Å²) in [7, 11) is 0. The number of benzene rings is 1. The Morgan fingerprint density at radius 1 is 1.13 bits per heavy atom. The van der Waals surface area contributed by atoms with Gasteiger partial charge in [0.2, 0.25) is 0 Å². The highest BCUT2D eigenvalue weighted by Gasteiger charge is 2.56. The Bertz CT molecular complexity index is 1440. The van der Waals surface area contributed by atoms with Gasteiger partial charge in [-0.2, -0.15) is 0 Å². The second kappa shape index (κ2) is 9.41. The van der Waals surface area contributed by atoms with Crippen molar-refractivity contribution in [3.05, 3.63) is 58.4 Å². The number of nitrogens with zero attached hydrogens (tertiary/aromatic N) is 5. The summed E-state index contributed by atoms with van der Waals surface area (Å²) in [5, 5.41) is 1.28. The summed E-state index contributed by atoms with van der Waals surface area (Å²) < 4.78 is 16.4. The van der Waals surface area contributed by atoms with Crippen LogP contribution in [0.3, 0.4) is 0 Å². The van der Waals surface area contributed by atoms with E-state index in [1.165, 1.54) is 28.5 Å². The Kier molecular flexibility index (Phi) is 6.20. The summed E-state index contributed by atoms with van der Waals surface area (Å²) in [5.74, 6) is 2.02. The van der Waals surface area contributed by atoms with E-state index in [1.807, 2.05) is 12.3 Å². The summed E-state index contributed by atoms with van der Waals surface area (Å²) in [5.41, 5.74) is 10.5. The van der Waals surface area contributed by atoms with Crippen molar-refractivity contribution in [2.24, 2.45) is 5.41 Å². The third-order valence-electron chi connectivity index (χ3n) is 9.01. The van der Waals surface area contributed by atoms with Gasteiger partial charge in [-0.3, -0.25) is 0 Å². The fourth-order valence-electron chi connectivity index (χ4n) is 6.57. The van der Waals surface area contributed by atoms with Crippen LogP contribution in [0.2, 0.25) is 5.02 Å². The van der Waals surface area contributed by atoms with Crippen LogP contribution in [0.4, 0.5) is 17.5 Å². The Morgan fingerprint density at radius 3 is 2.64 bits per heavy atom. The molecule has 0 saturated carbocycles. The number of aromatic nitrogens is 3. The monoisotopic (exact) mass is 581 g/mol. The van der Waals surface area contributed by atoms with Crippen molar-refractivity contribution in [3.8, 4) is 0 Å². The number of hydrogen-bond acceptors (Lipinski definition) is 9. The summed E-state index contributed by atoms with van der Waals surface area (Å²) in [6, 6.07) is 8.58. The Balaban J connectivity index is 1.07. The molecule has 2 atom stereocenters. The van der Waals surface area contributed by atoms with E-state index in [9.17, 15) is 4.55 Å². The molecule has 2 fully saturated rings. The van der Waals surface area contributed by atoms with Gasteiger partial charge in [0, 0.05) is 59.6 Å². The number of nitrogens with two attached hydrogens (primary N) is 1. The van der Waals surface area contributed by atoms with E-state index in [0.717, 1.165) is 68.4 Å². The molecule has 1 spiro atoms. The van der Waals surface area contributed by atoms with Gasteiger partial charge in [0.25, 0.3) is 0 Å². The molecule has 3 aromatic rings. The van der Waals surface area contributed by atoms with Gasteiger partial charge in [-0.25, -0.2) is 15.0 Å². The first-order valence-electron chi connectivity index (χ1n) is 13.5. The predicted octanol–water partition coefficient (Wildman–Crippen LogP) is 4.85. The molecule has 11 heteroatoms. The zero-order valence-corrected chi connectivity index (χ0v) is 24.5. The number of rotatable bonds is 4. The smallest absolute Gasteiger partial charge is 0.164 e. The number of nitrogens with one attached hydrogen (secondary N) is 1. The lowest BCUT2D eigenvalue weighted by Crippen LogP contribution is -2.52. The highest BCUT2D eigenvalue weighted by molar-refractivity contribution is 7.99. The van der Waals surface area contributed by atoms with Crippen molar-refractivity contribution < 1.29 is 4.55 Å². The molecule has 4 aliphatic rings. The van der Waals surface area contributed by atoms with Crippen LogP contribution >= 0.6 is 23.4 Å². The minimum Gasteiger partial charge on any atom is -0.597 e. The van der Waals surface area contributed by atoms with Gasteiger partial charge in [-0.1, -0.05) is 41.6 Å². The van der Waals surface area contributed by atoms with Gasteiger partial charge >= 0.3 is 0 Å². The molecule has 1 aliphatic carbocycles. The maximum Gasteiger partial charge on any atom is 0.164 e. The number of fused-ring (bicyclic) bond motifs is 1. The van der Waals surface area contributed by atoms with Gasteiger partial charge in [-0.15, -0.1) is 4.72 Å². The highest BCUT2D eigenvalue weighted by Crippen LogP contribution is 2.57. The average Bonchev–Trinajstić information content (AvgIpc) is 3.18. The number of hydrogen-bond donors (Lipinski definition) is 2. The molecule has 2 saturated heterocycles. The van der Waals surface area contributed by atoms with E-state index in [0.29, 0.717) is 15.9 Å². The van der Waals surface area contributed by atoms with Gasteiger partial charge in [-0.05, 0) is 56.7 Å². The molecule has 0 radical (unpaired) electrons. The molecule has 7 rings (SSSR count). The Morgan fingerprint density at radius 2 is 1.92 bits per heavy atom. The molecule has 1 unspecified atom stereocenters. The summed E-state index contributed by atoms with van der Waals surface area (Å²) in [6.07, 6.45) is 7.76. The van der Waals surface area contributed by atoms with Gasteiger partial charge in [0.05, 0.1) is 17.3 Å². The van der Waals surface area contributed by atoms with Crippen molar-refractivity contribution in [2.75, 3.05) is 41.7 Å². The number of piperidine rings is 1. The normalized spacial score (nSPS) is 24.5. The van der Waals surface area contributed by atoms with Crippen molar-refractivity contribution >= 4 is 52.2 Å². The number of nitrogen functional groups attached to an aromatic ring is 1. The molecule has 204 valence electrons. The van der Waals surface area contributed by atoms with Gasteiger partial charge < -0.3 is 20.1 Å².